The molecule has 15 heavy (non-hydrogen) atoms. The number of hydrogen-bond donors (Lipinski definition) is 1. The summed E-state index contributed by atoms with van der Waals surface area (Å²) in [6.45, 7) is 0.700. The molecule has 0 bridgehead atoms. The van der Waals surface area contributed by atoms with E-state index >= 15 is 0 Å². The summed E-state index contributed by atoms with van der Waals surface area (Å²) in [6, 6.07) is 9.74. The number of rotatable bonds is 0. The SMILES string of the molecule is O[C@@H]1CCCO[C@@H]1C#Cc1ccccc1. The summed E-state index contributed by atoms with van der Waals surface area (Å²) in [7, 11) is 0. The summed E-state index contributed by atoms with van der Waals surface area (Å²) >= 11 is 0. The van der Waals surface area contributed by atoms with Gasteiger partial charge in [0.05, 0.1) is 6.10 Å². The van der Waals surface area contributed by atoms with Gasteiger partial charge in [-0.1, -0.05) is 30.0 Å². The van der Waals surface area contributed by atoms with Gasteiger partial charge in [-0.3, -0.25) is 0 Å². The lowest BCUT2D eigenvalue weighted by Gasteiger charge is -2.23. The van der Waals surface area contributed by atoms with Crippen molar-refractivity contribution in [1.82, 2.24) is 0 Å². The van der Waals surface area contributed by atoms with Crippen LogP contribution in [0.1, 0.15) is 18.4 Å². The van der Waals surface area contributed by atoms with Gasteiger partial charge in [-0.25, -0.2) is 0 Å². The molecule has 0 aromatic heterocycles. The Hall–Kier alpha value is -1.30. The van der Waals surface area contributed by atoms with Gasteiger partial charge in [-0.2, -0.15) is 0 Å². The number of ether oxygens (including phenoxy) is 1. The summed E-state index contributed by atoms with van der Waals surface area (Å²) in [4.78, 5) is 0. The van der Waals surface area contributed by atoms with E-state index in [-0.39, 0.29) is 6.10 Å². The van der Waals surface area contributed by atoms with E-state index in [9.17, 15) is 5.11 Å². The summed E-state index contributed by atoms with van der Waals surface area (Å²) in [6.07, 6.45) is 0.952. The molecule has 0 saturated carbocycles. The van der Waals surface area contributed by atoms with Crippen molar-refractivity contribution >= 4 is 0 Å². The lowest BCUT2D eigenvalue weighted by molar-refractivity contribution is -0.0434. The first kappa shape index (κ1) is 10.2. The van der Waals surface area contributed by atoms with E-state index < -0.39 is 6.10 Å². The Morgan fingerprint density at radius 1 is 1.27 bits per heavy atom. The molecular formula is C13H14O2. The monoisotopic (exact) mass is 202 g/mol. The van der Waals surface area contributed by atoms with Gasteiger partial charge in [0.1, 0.15) is 6.10 Å². The van der Waals surface area contributed by atoms with Crippen molar-refractivity contribution in [2.24, 2.45) is 0 Å². The molecule has 1 N–H and O–H groups in total. The van der Waals surface area contributed by atoms with Crippen LogP contribution >= 0.6 is 0 Å². The summed E-state index contributed by atoms with van der Waals surface area (Å²) in [5.74, 6) is 5.98. The molecule has 2 rings (SSSR count). The zero-order chi connectivity index (χ0) is 10.5. The molecule has 0 amide bonds. The number of hydrogen-bond acceptors (Lipinski definition) is 2. The van der Waals surface area contributed by atoms with E-state index in [4.69, 9.17) is 4.74 Å². The third kappa shape index (κ3) is 2.82. The van der Waals surface area contributed by atoms with E-state index in [1.807, 2.05) is 30.3 Å². The van der Waals surface area contributed by atoms with Crippen LogP contribution in [0.3, 0.4) is 0 Å². The van der Waals surface area contributed by atoms with Crippen molar-refractivity contribution in [3.05, 3.63) is 35.9 Å². The molecule has 0 aliphatic carbocycles. The van der Waals surface area contributed by atoms with Gasteiger partial charge in [-0.05, 0) is 25.0 Å². The lowest BCUT2D eigenvalue weighted by atomic mass is 10.1. The number of aliphatic hydroxyl groups excluding tert-OH is 1. The van der Waals surface area contributed by atoms with Crippen LogP contribution in [-0.2, 0) is 4.74 Å². The van der Waals surface area contributed by atoms with Gasteiger partial charge in [0.2, 0.25) is 0 Å². The molecule has 2 heteroatoms. The van der Waals surface area contributed by atoms with Crippen molar-refractivity contribution in [3.63, 3.8) is 0 Å². The standard InChI is InChI=1S/C13H14O2/c14-12-7-4-10-15-13(12)9-8-11-5-2-1-3-6-11/h1-3,5-6,12-14H,4,7,10H2/t12-,13-/m1/s1. The van der Waals surface area contributed by atoms with Crippen LogP contribution in [0.25, 0.3) is 0 Å². The van der Waals surface area contributed by atoms with E-state index in [1.165, 1.54) is 0 Å². The number of benzene rings is 1. The molecule has 0 radical (unpaired) electrons. The minimum atomic E-state index is -0.435. The second-order valence-electron chi connectivity index (χ2n) is 3.64. The molecule has 1 fully saturated rings. The number of aliphatic hydroxyl groups is 1. The van der Waals surface area contributed by atoms with E-state index in [2.05, 4.69) is 11.8 Å². The van der Waals surface area contributed by atoms with Gasteiger partial charge in [0, 0.05) is 12.2 Å². The normalized spacial score (nSPS) is 25.4. The van der Waals surface area contributed by atoms with Crippen LogP contribution in [0.4, 0.5) is 0 Å². The van der Waals surface area contributed by atoms with Crippen molar-refractivity contribution in [2.75, 3.05) is 6.61 Å². The molecule has 78 valence electrons. The first-order valence-electron chi connectivity index (χ1n) is 5.22. The second-order valence-corrected chi connectivity index (χ2v) is 3.64. The fraction of sp³-hybridized carbons (Fsp3) is 0.385. The minimum Gasteiger partial charge on any atom is -0.389 e. The molecule has 2 atom stereocenters. The van der Waals surface area contributed by atoms with Crippen LogP contribution < -0.4 is 0 Å². The van der Waals surface area contributed by atoms with Crippen LogP contribution in [0.5, 0.6) is 0 Å². The second kappa shape index (κ2) is 4.97. The van der Waals surface area contributed by atoms with Gasteiger partial charge < -0.3 is 9.84 Å². The zero-order valence-electron chi connectivity index (χ0n) is 8.52. The Kier molecular flexibility index (Phi) is 3.39. The van der Waals surface area contributed by atoms with Crippen molar-refractivity contribution < 1.29 is 9.84 Å². The Labute approximate surface area is 89.9 Å². The summed E-state index contributed by atoms with van der Waals surface area (Å²) in [5.41, 5.74) is 0.957. The van der Waals surface area contributed by atoms with Gasteiger partial charge in [0.25, 0.3) is 0 Å². The van der Waals surface area contributed by atoms with Crippen molar-refractivity contribution in [3.8, 4) is 11.8 Å². The molecule has 1 aliphatic rings. The zero-order valence-corrected chi connectivity index (χ0v) is 8.52. The minimum absolute atomic E-state index is 0.320. The maximum absolute atomic E-state index is 9.62. The molecule has 2 nitrogen and oxygen atoms in total. The smallest absolute Gasteiger partial charge is 0.144 e. The molecule has 1 saturated heterocycles. The maximum atomic E-state index is 9.62. The molecule has 1 heterocycles. The average molecular weight is 202 g/mol. The predicted octanol–water partition coefficient (Wildman–Crippen LogP) is 1.58. The molecule has 0 spiro atoms. The predicted molar refractivity (Wildman–Crippen MR) is 58.3 cm³/mol. The highest BCUT2D eigenvalue weighted by molar-refractivity contribution is 5.34. The van der Waals surface area contributed by atoms with Crippen LogP contribution in [0.2, 0.25) is 0 Å². The highest BCUT2D eigenvalue weighted by Crippen LogP contribution is 2.12. The molecular weight excluding hydrogens is 188 g/mol. The molecule has 1 aromatic carbocycles. The Bertz CT molecular complexity index is 361. The van der Waals surface area contributed by atoms with Gasteiger partial charge >= 0.3 is 0 Å². The Morgan fingerprint density at radius 3 is 2.80 bits per heavy atom. The lowest BCUT2D eigenvalue weighted by Crippen LogP contribution is -2.32. The average Bonchev–Trinajstić information content (AvgIpc) is 2.29. The fourth-order valence-electron chi connectivity index (χ4n) is 1.58. The highest BCUT2D eigenvalue weighted by Gasteiger charge is 2.21. The molecule has 1 aromatic rings. The maximum Gasteiger partial charge on any atom is 0.144 e. The Balaban J connectivity index is 2.04. The highest BCUT2D eigenvalue weighted by atomic mass is 16.5. The largest absolute Gasteiger partial charge is 0.389 e. The van der Waals surface area contributed by atoms with Crippen molar-refractivity contribution in [2.45, 2.75) is 25.0 Å². The summed E-state index contributed by atoms with van der Waals surface area (Å²) in [5, 5.41) is 9.62. The quantitative estimate of drug-likeness (QED) is 0.647. The molecule has 1 aliphatic heterocycles. The van der Waals surface area contributed by atoms with E-state index in [0.29, 0.717) is 6.61 Å². The van der Waals surface area contributed by atoms with E-state index in [0.717, 1.165) is 18.4 Å². The Morgan fingerprint density at radius 2 is 2.07 bits per heavy atom. The van der Waals surface area contributed by atoms with Crippen LogP contribution in [0.15, 0.2) is 30.3 Å². The third-order valence-corrected chi connectivity index (χ3v) is 2.42. The van der Waals surface area contributed by atoms with Crippen molar-refractivity contribution in [1.29, 1.82) is 0 Å². The first-order valence-corrected chi connectivity index (χ1v) is 5.22. The van der Waals surface area contributed by atoms with E-state index in [1.54, 1.807) is 0 Å². The summed E-state index contributed by atoms with van der Waals surface area (Å²) < 4.78 is 5.39. The fourth-order valence-corrected chi connectivity index (χ4v) is 1.58. The van der Waals surface area contributed by atoms with Crippen LogP contribution in [-0.4, -0.2) is 23.9 Å². The molecule has 0 unspecified atom stereocenters. The first-order chi connectivity index (χ1) is 7.36. The van der Waals surface area contributed by atoms with Gasteiger partial charge in [0.15, 0.2) is 0 Å². The topological polar surface area (TPSA) is 29.5 Å². The third-order valence-electron chi connectivity index (χ3n) is 2.42. The van der Waals surface area contributed by atoms with Crippen LogP contribution in [0, 0.1) is 11.8 Å². The van der Waals surface area contributed by atoms with Gasteiger partial charge in [-0.15, -0.1) is 0 Å².